The van der Waals surface area contributed by atoms with Crippen LogP contribution in [0.25, 0.3) is 10.8 Å². The molecule has 1 aromatic heterocycles. The Morgan fingerprint density at radius 2 is 1.96 bits per heavy atom. The Morgan fingerprint density at radius 1 is 1.24 bits per heavy atom. The zero-order valence-corrected chi connectivity index (χ0v) is 14.0. The van der Waals surface area contributed by atoms with Gasteiger partial charge in [0.1, 0.15) is 29.8 Å². The zero-order valence-electron chi connectivity index (χ0n) is 14.0. The highest BCUT2D eigenvalue weighted by Gasteiger charge is 2.22. The van der Waals surface area contributed by atoms with E-state index in [1.165, 1.54) is 4.68 Å². The van der Waals surface area contributed by atoms with Gasteiger partial charge >= 0.3 is 5.69 Å². The molecule has 0 aliphatic rings. The summed E-state index contributed by atoms with van der Waals surface area (Å²) in [4.78, 5) is 10.6. The van der Waals surface area contributed by atoms with Crippen LogP contribution in [0.3, 0.4) is 0 Å². The van der Waals surface area contributed by atoms with Crippen LogP contribution < -0.4 is 4.74 Å². The highest BCUT2D eigenvalue weighted by molar-refractivity contribution is 5.83. The molecule has 25 heavy (non-hydrogen) atoms. The number of aromatic nitrogens is 2. The fourth-order valence-electron chi connectivity index (χ4n) is 2.83. The number of aliphatic hydroxyl groups is 1. The molecule has 3 aromatic rings. The van der Waals surface area contributed by atoms with E-state index in [9.17, 15) is 15.2 Å². The molecular formula is C18H19N3O4. The predicted octanol–water partition coefficient (Wildman–Crippen LogP) is 3.00. The summed E-state index contributed by atoms with van der Waals surface area (Å²) < 4.78 is 7.09. The predicted molar refractivity (Wildman–Crippen MR) is 93.8 cm³/mol. The Hall–Kier alpha value is -2.93. The van der Waals surface area contributed by atoms with Crippen molar-refractivity contribution in [1.82, 2.24) is 9.78 Å². The summed E-state index contributed by atoms with van der Waals surface area (Å²) in [5.41, 5.74) is 0.750. The third-order valence-corrected chi connectivity index (χ3v) is 4.07. The normalized spacial score (nSPS) is 12.3. The minimum absolute atomic E-state index is 0.0114. The topological polar surface area (TPSA) is 90.4 Å². The molecule has 0 aliphatic heterocycles. The van der Waals surface area contributed by atoms with Gasteiger partial charge in [-0.05, 0) is 36.8 Å². The molecular weight excluding hydrogens is 322 g/mol. The summed E-state index contributed by atoms with van der Waals surface area (Å²) in [5, 5.41) is 27.5. The third kappa shape index (κ3) is 3.61. The Labute approximate surface area is 144 Å². The number of hydrogen-bond donors (Lipinski definition) is 1. The first-order valence-electron chi connectivity index (χ1n) is 7.94. The molecule has 0 radical (unpaired) electrons. The fraction of sp³-hybridized carbons (Fsp3) is 0.278. The second-order valence-electron chi connectivity index (χ2n) is 5.93. The number of rotatable bonds is 6. The third-order valence-electron chi connectivity index (χ3n) is 4.07. The lowest BCUT2D eigenvalue weighted by atomic mass is 10.1. The molecule has 0 spiro atoms. The number of fused-ring (bicyclic) bond motifs is 1. The van der Waals surface area contributed by atoms with Gasteiger partial charge in [-0.1, -0.05) is 30.3 Å². The number of aryl methyl sites for hydroxylation is 1. The molecule has 1 heterocycles. The summed E-state index contributed by atoms with van der Waals surface area (Å²) in [6, 6.07) is 13.7. The van der Waals surface area contributed by atoms with E-state index in [-0.39, 0.29) is 18.8 Å². The molecule has 0 bridgehead atoms. The van der Waals surface area contributed by atoms with Gasteiger partial charge < -0.3 is 9.84 Å². The molecule has 0 saturated carbocycles. The maximum atomic E-state index is 11.0. The molecule has 0 aliphatic carbocycles. The van der Waals surface area contributed by atoms with Crippen molar-refractivity contribution in [3.05, 3.63) is 64.0 Å². The van der Waals surface area contributed by atoms with E-state index in [1.54, 1.807) is 13.8 Å². The van der Waals surface area contributed by atoms with Gasteiger partial charge in [0.05, 0.1) is 11.5 Å². The summed E-state index contributed by atoms with van der Waals surface area (Å²) in [6.45, 7) is 3.41. The van der Waals surface area contributed by atoms with Gasteiger partial charge in [0, 0.05) is 0 Å². The first-order valence-corrected chi connectivity index (χ1v) is 7.94. The van der Waals surface area contributed by atoms with Crippen molar-refractivity contribution in [2.45, 2.75) is 26.5 Å². The van der Waals surface area contributed by atoms with Crippen LogP contribution in [0.1, 0.15) is 11.4 Å². The van der Waals surface area contributed by atoms with E-state index in [0.717, 1.165) is 10.8 Å². The second kappa shape index (κ2) is 6.90. The summed E-state index contributed by atoms with van der Waals surface area (Å²) in [7, 11) is 0. The van der Waals surface area contributed by atoms with Crippen LogP contribution in [0.2, 0.25) is 0 Å². The average Bonchev–Trinajstić information content (AvgIpc) is 2.86. The van der Waals surface area contributed by atoms with Crippen LogP contribution in [0.15, 0.2) is 42.5 Å². The minimum atomic E-state index is -0.830. The quantitative estimate of drug-likeness (QED) is 0.550. The molecule has 1 N–H and O–H groups in total. The van der Waals surface area contributed by atoms with Gasteiger partial charge in [0.15, 0.2) is 0 Å². The Bertz CT molecular complexity index is 920. The highest BCUT2D eigenvalue weighted by Crippen LogP contribution is 2.23. The Kier molecular flexibility index (Phi) is 4.67. The molecule has 0 amide bonds. The van der Waals surface area contributed by atoms with Crippen LogP contribution in [0.5, 0.6) is 5.75 Å². The van der Waals surface area contributed by atoms with Crippen LogP contribution in [-0.4, -0.2) is 32.5 Å². The van der Waals surface area contributed by atoms with Crippen molar-refractivity contribution >= 4 is 16.5 Å². The number of nitro groups is 1. The average molecular weight is 341 g/mol. The van der Waals surface area contributed by atoms with E-state index >= 15 is 0 Å². The van der Waals surface area contributed by atoms with Crippen molar-refractivity contribution in [3.63, 3.8) is 0 Å². The second-order valence-corrected chi connectivity index (χ2v) is 5.93. The Balaban J connectivity index is 1.65. The minimum Gasteiger partial charge on any atom is -0.491 e. The first kappa shape index (κ1) is 16.9. The van der Waals surface area contributed by atoms with Crippen molar-refractivity contribution in [3.8, 4) is 5.75 Å². The van der Waals surface area contributed by atoms with Crippen molar-refractivity contribution in [2.24, 2.45) is 0 Å². The van der Waals surface area contributed by atoms with E-state index in [0.29, 0.717) is 17.1 Å². The highest BCUT2D eigenvalue weighted by atomic mass is 16.6. The monoisotopic (exact) mass is 341 g/mol. The number of hydrogen-bond acceptors (Lipinski definition) is 5. The molecule has 0 saturated heterocycles. The lowest BCUT2D eigenvalue weighted by Crippen LogP contribution is -2.24. The number of benzene rings is 2. The van der Waals surface area contributed by atoms with Crippen LogP contribution >= 0.6 is 0 Å². The van der Waals surface area contributed by atoms with Crippen LogP contribution in [-0.2, 0) is 6.54 Å². The fourth-order valence-corrected chi connectivity index (χ4v) is 2.83. The smallest absolute Gasteiger partial charge is 0.312 e. The molecule has 1 unspecified atom stereocenters. The summed E-state index contributed by atoms with van der Waals surface area (Å²) in [6.07, 6.45) is -0.830. The maximum absolute atomic E-state index is 11.0. The van der Waals surface area contributed by atoms with Crippen LogP contribution in [0.4, 0.5) is 5.69 Å². The molecule has 7 heteroatoms. The van der Waals surface area contributed by atoms with E-state index < -0.39 is 11.0 Å². The van der Waals surface area contributed by atoms with Crippen molar-refractivity contribution in [2.75, 3.05) is 6.61 Å². The molecule has 0 fully saturated rings. The van der Waals surface area contributed by atoms with Gasteiger partial charge in [0.2, 0.25) is 0 Å². The standard InChI is InChI=1S/C18H19N3O4/c1-12-18(21(23)24)13(2)20(19-12)10-16(22)11-25-17-8-7-14-5-3-4-6-15(14)9-17/h3-9,16,22H,10-11H2,1-2H3. The number of nitrogens with zero attached hydrogens (tertiary/aromatic N) is 3. The van der Waals surface area contributed by atoms with Crippen LogP contribution in [0, 0.1) is 24.0 Å². The summed E-state index contributed by atoms with van der Waals surface area (Å²) in [5.74, 6) is 0.664. The van der Waals surface area contributed by atoms with Crippen molar-refractivity contribution < 1.29 is 14.8 Å². The van der Waals surface area contributed by atoms with Crippen molar-refractivity contribution in [1.29, 1.82) is 0 Å². The van der Waals surface area contributed by atoms with Gasteiger partial charge in [-0.3, -0.25) is 14.8 Å². The van der Waals surface area contributed by atoms with E-state index in [4.69, 9.17) is 4.74 Å². The van der Waals surface area contributed by atoms with Gasteiger partial charge in [-0.15, -0.1) is 0 Å². The zero-order chi connectivity index (χ0) is 18.0. The Morgan fingerprint density at radius 3 is 2.64 bits per heavy atom. The van der Waals surface area contributed by atoms with E-state index in [1.807, 2.05) is 42.5 Å². The lowest BCUT2D eigenvalue weighted by Gasteiger charge is -2.13. The number of aliphatic hydroxyl groups excluding tert-OH is 1. The molecule has 1 atom stereocenters. The molecule has 130 valence electrons. The lowest BCUT2D eigenvalue weighted by molar-refractivity contribution is -0.386. The van der Waals surface area contributed by atoms with Gasteiger partial charge in [0.25, 0.3) is 0 Å². The van der Waals surface area contributed by atoms with E-state index in [2.05, 4.69) is 5.10 Å². The maximum Gasteiger partial charge on any atom is 0.312 e. The largest absolute Gasteiger partial charge is 0.491 e. The van der Waals surface area contributed by atoms with Gasteiger partial charge in [-0.2, -0.15) is 5.10 Å². The molecule has 3 rings (SSSR count). The first-order chi connectivity index (χ1) is 12.0. The molecule has 7 nitrogen and oxygen atoms in total. The molecule has 2 aromatic carbocycles. The summed E-state index contributed by atoms with van der Waals surface area (Å²) >= 11 is 0. The SMILES string of the molecule is Cc1nn(CC(O)COc2ccc3ccccc3c2)c(C)c1[N+](=O)[O-]. The number of ether oxygens (including phenoxy) is 1. The van der Waals surface area contributed by atoms with Gasteiger partial charge in [-0.25, -0.2) is 0 Å².